The first-order chi connectivity index (χ1) is 26.6. The van der Waals surface area contributed by atoms with Gasteiger partial charge >= 0.3 is 6.03 Å². The summed E-state index contributed by atoms with van der Waals surface area (Å²) in [4.78, 5) is 81.2. The Morgan fingerprint density at radius 2 is 1.71 bits per heavy atom. The molecule has 290 valence electrons. The summed E-state index contributed by atoms with van der Waals surface area (Å²) in [6.45, 7) is 7.58. The van der Waals surface area contributed by atoms with Crippen LogP contribution < -0.4 is 31.7 Å². The fourth-order valence-electron chi connectivity index (χ4n) is 8.60. The van der Waals surface area contributed by atoms with Crippen LogP contribution in [0.5, 0.6) is 0 Å². The highest BCUT2D eigenvalue weighted by molar-refractivity contribution is 5.99. The number of primary amides is 1. The van der Waals surface area contributed by atoms with Crippen LogP contribution in [0.15, 0.2) is 47.5 Å². The summed E-state index contributed by atoms with van der Waals surface area (Å²) in [5, 5.41) is 9.86. The van der Waals surface area contributed by atoms with E-state index in [0.717, 1.165) is 89.4 Å². The highest BCUT2D eigenvalue weighted by Gasteiger charge is 2.35. The van der Waals surface area contributed by atoms with E-state index >= 15 is 0 Å². The Kier molecular flexibility index (Phi) is 10.1. The summed E-state index contributed by atoms with van der Waals surface area (Å²) < 4.78 is 1.18. The molecule has 5 saturated heterocycles. The second-order valence-corrected chi connectivity index (χ2v) is 15.5. The summed E-state index contributed by atoms with van der Waals surface area (Å²) in [6, 6.07) is 9.17. The minimum atomic E-state index is -0.758. The number of amides is 5. The molecule has 17 nitrogen and oxygen atoms in total. The number of urea groups is 1. The van der Waals surface area contributed by atoms with E-state index in [-0.39, 0.29) is 42.1 Å². The van der Waals surface area contributed by atoms with E-state index in [9.17, 15) is 24.0 Å². The van der Waals surface area contributed by atoms with Crippen LogP contribution in [0.25, 0.3) is 0 Å². The van der Waals surface area contributed by atoms with E-state index < -0.39 is 17.9 Å². The molecule has 5 aliphatic heterocycles. The van der Waals surface area contributed by atoms with E-state index in [2.05, 4.69) is 47.5 Å². The van der Waals surface area contributed by atoms with Gasteiger partial charge in [0.15, 0.2) is 11.5 Å². The Hall–Kier alpha value is -5.58. The summed E-state index contributed by atoms with van der Waals surface area (Å²) in [6.07, 6.45) is 7.60. The van der Waals surface area contributed by atoms with Gasteiger partial charge < -0.3 is 35.6 Å². The first kappa shape index (κ1) is 36.4. The number of carbonyl (C=O) groups is 4. The predicted octanol–water partition coefficient (Wildman–Crippen LogP) is 1.51. The number of piperidine rings is 3. The number of aromatic nitrogens is 4. The number of likely N-dealkylation sites (N-methyl/N-ethyl adjacent to an activating group) is 1. The molecule has 0 bridgehead atoms. The second-order valence-electron chi connectivity index (χ2n) is 15.5. The molecule has 0 aliphatic carbocycles. The molecule has 2 aromatic heterocycles. The van der Waals surface area contributed by atoms with Crippen LogP contribution in [-0.4, -0.2) is 130 Å². The van der Waals surface area contributed by atoms with Gasteiger partial charge in [0, 0.05) is 90.0 Å². The fraction of sp³-hybridized carbons (Fsp3) is 0.526. The summed E-state index contributed by atoms with van der Waals surface area (Å²) in [5.74, 6) is 0.494. The average molecular weight is 753 g/mol. The molecule has 5 fully saturated rings. The number of likely N-dealkylation sites (tertiary alicyclic amines) is 1. The quantitative estimate of drug-likeness (QED) is 0.253. The Morgan fingerprint density at radius 1 is 0.927 bits per heavy atom. The lowest BCUT2D eigenvalue weighted by atomic mass is 9.88. The molecule has 0 spiro atoms. The van der Waals surface area contributed by atoms with Crippen molar-refractivity contribution in [2.24, 2.45) is 11.7 Å². The number of nitrogens with zero attached hydrogens (tertiary/aromatic N) is 9. The van der Waals surface area contributed by atoms with Crippen LogP contribution in [0.3, 0.4) is 0 Å². The highest BCUT2D eigenvalue weighted by Crippen LogP contribution is 2.32. The van der Waals surface area contributed by atoms with Crippen molar-refractivity contribution >= 4 is 46.8 Å². The maximum Gasteiger partial charge on any atom is 0.320 e. The molecule has 0 saturated carbocycles. The van der Waals surface area contributed by atoms with Crippen LogP contribution in [0.4, 0.5) is 27.8 Å². The maximum absolute atomic E-state index is 12.8. The van der Waals surface area contributed by atoms with Gasteiger partial charge in [-0.3, -0.25) is 24.5 Å². The normalized spacial score (nSPS) is 22.9. The number of rotatable bonds is 10. The van der Waals surface area contributed by atoms with Gasteiger partial charge in [0.25, 0.3) is 17.4 Å². The van der Waals surface area contributed by atoms with E-state index in [1.807, 2.05) is 24.1 Å². The average Bonchev–Trinajstić information content (AvgIpc) is 3.51. The molecule has 5 aliphatic rings. The van der Waals surface area contributed by atoms with Crippen molar-refractivity contribution in [3.63, 3.8) is 0 Å². The van der Waals surface area contributed by atoms with Crippen molar-refractivity contribution in [2.75, 3.05) is 81.1 Å². The summed E-state index contributed by atoms with van der Waals surface area (Å²) in [5.41, 5.74) is 8.23. The Morgan fingerprint density at radius 3 is 2.40 bits per heavy atom. The zero-order valence-corrected chi connectivity index (χ0v) is 31.1. The number of hydrogen-bond acceptors (Lipinski definition) is 12. The standard InChI is InChI=1S/C38H48N12O5/c1-45-15-16-49(38(45)55)28-3-2-12-48(23-28)31-19-40-34(35(39)53)36(43-31)42-27-6-4-25(5-7-27)26-21-46(22-26)20-24-10-13-47(14-11-24)29-17-33(52)50(41-18-29)30-8-9-32(51)44-37(30)54/h4-7,17-19,24,26,28,30H,2-3,8-16,20-23H2,1H3,(H2,39,53)(H,42,43)(H,44,51,54)/t28-,30?/m1/s1. The lowest BCUT2D eigenvalue weighted by molar-refractivity contribution is -0.136. The number of imide groups is 1. The zero-order valence-electron chi connectivity index (χ0n) is 31.1. The number of hydrogen-bond donors (Lipinski definition) is 3. The zero-order chi connectivity index (χ0) is 38.2. The second kappa shape index (κ2) is 15.3. The number of benzene rings is 1. The SMILES string of the molecule is CN1CCN([C@@H]2CCCN(c3cnc(C(N)=O)c(Nc4ccc(C5CN(CC6CCN(c7cnn(C8CCC(=O)NC8=O)c(=O)c7)CC6)C5)cc4)n3)C2)C1=O. The third-order valence-corrected chi connectivity index (χ3v) is 11.8. The first-order valence-corrected chi connectivity index (χ1v) is 19.3. The number of carbonyl (C=O) groups excluding carboxylic acids is 4. The number of nitrogens with two attached hydrogens (primary N) is 1. The van der Waals surface area contributed by atoms with Crippen LogP contribution in [0, 0.1) is 5.92 Å². The molecular formula is C38H48N12O5. The van der Waals surface area contributed by atoms with Crippen molar-refractivity contribution in [1.29, 1.82) is 0 Å². The van der Waals surface area contributed by atoms with Crippen LogP contribution >= 0.6 is 0 Å². The molecule has 3 aromatic rings. The molecule has 8 rings (SSSR count). The maximum atomic E-state index is 12.8. The summed E-state index contributed by atoms with van der Waals surface area (Å²) in [7, 11) is 1.83. The lowest BCUT2D eigenvalue weighted by Crippen LogP contribution is -2.49. The van der Waals surface area contributed by atoms with Gasteiger partial charge in [0.2, 0.25) is 5.91 Å². The van der Waals surface area contributed by atoms with Crippen LogP contribution in [0.2, 0.25) is 0 Å². The minimum Gasteiger partial charge on any atom is -0.370 e. The van der Waals surface area contributed by atoms with E-state index in [0.29, 0.717) is 30.0 Å². The van der Waals surface area contributed by atoms with E-state index in [4.69, 9.17) is 10.7 Å². The van der Waals surface area contributed by atoms with Crippen LogP contribution in [-0.2, 0) is 9.59 Å². The smallest absolute Gasteiger partial charge is 0.320 e. The molecule has 55 heavy (non-hydrogen) atoms. The highest BCUT2D eigenvalue weighted by atomic mass is 16.2. The van der Waals surface area contributed by atoms with Crippen molar-refractivity contribution < 1.29 is 19.2 Å². The number of anilines is 4. The van der Waals surface area contributed by atoms with Gasteiger partial charge in [-0.15, -0.1) is 0 Å². The predicted molar refractivity (Wildman–Crippen MR) is 204 cm³/mol. The molecule has 5 amide bonds. The van der Waals surface area contributed by atoms with Crippen molar-refractivity contribution in [1.82, 2.24) is 39.8 Å². The van der Waals surface area contributed by atoms with E-state index in [1.165, 1.54) is 10.2 Å². The molecule has 1 aromatic carbocycles. The van der Waals surface area contributed by atoms with E-state index in [1.54, 1.807) is 23.4 Å². The third-order valence-electron chi connectivity index (χ3n) is 11.8. The van der Waals surface area contributed by atoms with Gasteiger partial charge in [-0.05, 0) is 55.7 Å². The molecule has 1 unspecified atom stereocenters. The van der Waals surface area contributed by atoms with Gasteiger partial charge in [-0.25, -0.2) is 19.4 Å². The Labute approximate surface area is 318 Å². The first-order valence-electron chi connectivity index (χ1n) is 19.3. The van der Waals surface area contributed by atoms with Gasteiger partial charge in [0.1, 0.15) is 11.9 Å². The number of nitrogens with one attached hydrogen (secondary N) is 2. The fourth-order valence-corrected chi connectivity index (χ4v) is 8.60. The van der Waals surface area contributed by atoms with Gasteiger partial charge in [-0.2, -0.15) is 5.10 Å². The van der Waals surface area contributed by atoms with Gasteiger partial charge in [-0.1, -0.05) is 12.1 Å². The van der Waals surface area contributed by atoms with Gasteiger partial charge in [0.05, 0.1) is 24.1 Å². The van der Waals surface area contributed by atoms with Crippen LogP contribution in [0.1, 0.15) is 66.5 Å². The summed E-state index contributed by atoms with van der Waals surface area (Å²) >= 11 is 0. The monoisotopic (exact) mass is 752 g/mol. The molecule has 7 heterocycles. The van der Waals surface area contributed by atoms with Crippen molar-refractivity contribution in [3.05, 3.63) is 64.3 Å². The molecule has 2 atom stereocenters. The molecule has 4 N–H and O–H groups in total. The minimum absolute atomic E-state index is 0.0629. The van der Waals surface area contributed by atoms with Crippen molar-refractivity contribution in [2.45, 2.75) is 56.5 Å². The Balaban J connectivity index is 0.818. The molecule has 0 radical (unpaired) electrons. The lowest BCUT2D eigenvalue weighted by Gasteiger charge is -2.43. The Bertz CT molecular complexity index is 2010. The van der Waals surface area contributed by atoms with Crippen molar-refractivity contribution in [3.8, 4) is 0 Å². The third kappa shape index (κ3) is 7.70. The molecular weight excluding hydrogens is 704 g/mol. The largest absolute Gasteiger partial charge is 0.370 e. The topological polar surface area (TPSA) is 195 Å². The molecule has 17 heteroatoms.